The predicted molar refractivity (Wildman–Crippen MR) is 63.9 cm³/mol. The Morgan fingerprint density at radius 2 is 2.19 bits per heavy atom. The summed E-state index contributed by atoms with van der Waals surface area (Å²) in [6.07, 6.45) is 5.24. The molecule has 0 heterocycles. The van der Waals surface area contributed by atoms with Crippen LogP contribution < -0.4 is 11.1 Å². The highest BCUT2D eigenvalue weighted by Gasteiger charge is 2.26. The fourth-order valence-corrected chi connectivity index (χ4v) is 2.28. The number of aliphatic hydroxyl groups is 1. The molecule has 0 aromatic carbocycles. The molecule has 0 radical (unpaired) electrons. The first-order valence-electron chi connectivity index (χ1n) is 6.37. The second-order valence-electron chi connectivity index (χ2n) is 4.69. The van der Waals surface area contributed by atoms with Crippen LogP contribution in [0.5, 0.6) is 0 Å². The van der Waals surface area contributed by atoms with Crippen LogP contribution in [-0.4, -0.2) is 29.7 Å². The summed E-state index contributed by atoms with van der Waals surface area (Å²) in [7, 11) is 0. The lowest BCUT2D eigenvalue weighted by Crippen LogP contribution is -2.48. The molecule has 0 aliphatic heterocycles. The molecular formula is C12H24N2O2. The number of nitrogens with two attached hydrogens (primary N) is 1. The van der Waals surface area contributed by atoms with Crippen molar-refractivity contribution in [2.45, 2.75) is 57.6 Å². The van der Waals surface area contributed by atoms with E-state index in [9.17, 15) is 9.90 Å². The molecule has 0 aromatic rings. The van der Waals surface area contributed by atoms with Gasteiger partial charge < -0.3 is 16.2 Å². The van der Waals surface area contributed by atoms with E-state index in [1.54, 1.807) is 0 Å². The van der Waals surface area contributed by atoms with Crippen LogP contribution in [0, 0.1) is 5.92 Å². The first-order valence-corrected chi connectivity index (χ1v) is 6.37. The minimum Gasteiger partial charge on any atom is -0.391 e. The number of aliphatic hydroxyl groups excluding tert-OH is 1. The quantitative estimate of drug-likeness (QED) is 0.651. The molecule has 4 nitrogen and oxygen atoms in total. The zero-order chi connectivity index (χ0) is 12.0. The average Bonchev–Trinajstić information content (AvgIpc) is 2.29. The molecule has 94 valence electrons. The molecule has 1 aliphatic carbocycles. The van der Waals surface area contributed by atoms with Gasteiger partial charge in [-0.2, -0.15) is 0 Å². The summed E-state index contributed by atoms with van der Waals surface area (Å²) in [6.45, 7) is 2.44. The summed E-state index contributed by atoms with van der Waals surface area (Å²) in [6, 6.07) is -0.0628. The monoisotopic (exact) mass is 228 g/mol. The van der Waals surface area contributed by atoms with E-state index in [2.05, 4.69) is 5.32 Å². The third-order valence-electron chi connectivity index (χ3n) is 3.35. The van der Waals surface area contributed by atoms with E-state index in [1.165, 1.54) is 0 Å². The van der Waals surface area contributed by atoms with E-state index in [0.29, 0.717) is 6.54 Å². The van der Waals surface area contributed by atoms with Crippen molar-refractivity contribution in [2.24, 2.45) is 11.7 Å². The summed E-state index contributed by atoms with van der Waals surface area (Å²) in [5.41, 5.74) is 5.58. The molecule has 1 saturated carbocycles. The third kappa shape index (κ3) is 3.76. The van der Waals surface area contributed by atoms with Crippen molar-refractivity contribution >= 4 is 5.91 Å². The maximum atomic E-state index is 11.9. The van der Waals surface area contributed by atoms with Gasteiger partial charge in [-0.1, -0.05) is 26.2 Å². The topological polar surface area (TPSA) is 75.4 Å². The number of rotatable bonds is 5. The molecule has 0 aromatic heterocycles. The molecule has 1 rings (SSSR count). The predicted octanol–water partition coefficient (Wildman–Crippen LogP) is 0.781. The fraction of sp³-hybridized carbons (Fsp3) is 0.917. The van der Waals surface area contributed by atoms with Gasteiger partial charge in [0.2, 0.25) is 5.91 Å². The molecule has 3 atom stereocenters. The maximum Gasteiger partial charge on any atom is 0.224 e. The number of carbonyl (C=O) groups excluding carboxylic acids is 1. The average molecular weight is 228 g/mol. The molecule has 3 unspecified atom stereocenters. The second kappa shape index (κ2) is 6.86. The molecule has 16 heavy (non-hydrogen) atoms. The molecule has 1 amide bonds. The molecular weight excluding hydrogens is 204 g/mol. The second-order valence-corrected chi connectivity index (χ2v) is 4.69. The van der Waals surface area contributed by atoms with Crippen molar-refractivity contribution in [3.63, 3.8) is 0 Å². The van der Waals surface area contributed by atoms with Crippen molar-refractivity contribution in [3.8, 4) is 0 Å². The van der Waals surface area contributed by atoms with Crippen LogP contribution in [0.4, 0.5) is 0 Å². The van der Waals surface area contributed by atoms with Gasteiger partial charge in [0.1, 0.15) is 0 Å². The Bertz CT molecular complexity index is 221. The van der Waals surface area contributed by atoms with E-state index in [0.717, 1.165) is 38.5 Å². The van der Waals surface area contributed by atoms with Gasteiger partial charge in [-0.05, 0) is 19.3 Å². The summed E-state index contributed by atoms with van der Waals surface area (Å²) in [4.78, 5) is 11.9. The zero-order valence-electron chi connectivity index (χ0n) is 10.1. The van der Waals surface area contributed by atoms with Crippen molar-refractivity contribution in [1.82, 2.24) is 5.32 Å². The Hall–Kier alpha value is -0.610. The third-order valence-corrected chi connectivity index (χ3v) is 3.35. The van der Waals surface area contributed by atoms with Crippen LogP contribution in [0.1, 0.15) is 45.4 Å². The van der Waals surface area contributed by atoms with Gasteiger partial charge >= 0.3 is 0 Å². The molecule has 0 spiro atoms. The summed E-state index contributed by atoms with van der Waals surface area (Å²) in [5.74, 6) is -0.0885. The van der Waals surface area contributed by atoms with Crippen molar-refractivity contribution in [2.75, 3.05) is 6.54 Å². The first kappa shape index (κ1) is 13.5. The molecule has 0 saturated heterocycles. The Morgan fingerprint density at radius 3 is 2.75 bits per heavy atom. The van der Waals surface area contributed by atoms with Crippen molar-refractivity contribution in [1.29, 1.82) is 0 Å². The van der Waals surface area contributed by atoms with Crippen LogP contribution in [0.2, 0.25) is 0 Å². The molecule has 1 aliphatic rings. The van der Waals surface area contributed by atoms with Gasteiger partial charge in [0.15, 0.2) is 0 Å². The summed E-state index contributed by atoms with van der Waals surface area (Å²) >= 11 is 0. The van der Waals surface area contributed by atoms with Gasteiger partial charge in [0.05, 0.1) is 18.1 Å². The van der Waals surface area contributed by atoms with Crippen LogP contribution in [-0.2, 0) is 4.79 Å². The van der Waals surface area contributed by atoms with E-state index < -0.39 is 0 Å². The van der Waals surface area contributed by atoms with Gasteiger partial charge in [0.25, 0.3) is 0 Å². The standard InChI is InChI=1S/C12H24N2O2/c1-2-5-9(8-13)12(16)14-10-6-3-4-7-11(10)15/h9-11,15H,2-8,13H2,1H3,(H,14,16). The summed E-state index contributed by atoms with van der Waals surface area (Å²) < 4.78 is 0. The molecule has 4 heteroatoms. The number of nitrogens with one attached hydrogen (secondary N) is 1. The lowest BCUT2D eigenvalue weighted by Gasteiger charge is -2.29. The van der Waals surface area contributed by atoms with Crippen LogP contribution in [0.15, 0.2) is 0 Å². The lowest BCUT2D eigenvalue weighted by atomic mass is 9.91. The van der Waals surface area contributed by atoms with Crippen molar-refractivity contribution in [3.05, 3.63) is 0 Å². The van der Waals surface area contributed by atoms with E-state index in [4.69, 9.17) is 5.73 Å². The fourth-order valence-electron chi connectivity index (χ4n) is 2.28. The van der Waals surface area contributed by atoms with Gasteiger partial charge in [0, 0.05) is 6.54 Å². The maximum absolute atomic E-state index is 11.9. The Morgan fingerprint density at radius 1 is 1.50 bits per heavy atom. The molecule has 0 bridgehead atoms. The molecule has 1 fully saturated rings. The van der Waals surface area contributed by atoms with Crippen LogP contribution >= 0.6 is 0 Å². The minimum absolute atomic E-state index is 0.00954. The number of hydrogen-bond acceptors (Lipinski definition) is 3. The van der Waals surface area contributed by atoms with Gasteiger partial charge in [-0.25, -0.2) is 0 Å². The normalized spacial score (nSPS) is 27.4. The SMILES string of the molecule is CCCC(CN)C(=O)NC1CCCCC1O. The minimum atomic E-state index is -0.377. The number of hydrogen-bond donors (Lipinski definition) is 3. The molecule has 4 N–H and O–H groups in total. The van der Waals surface area contributed by atoms with Crippen molar-refractivity contribution < 1.29 is 9.90 Å². The van der Waals surface area contributed by atoms with Gasteiger partial charge in [-0.15, -0.1) is 0 Å². The number of amides is 1. The zero-order valence-corrected chi connectivity index (χ0v) is 10.1. The Balaban J connectivity index is 2.41. The van der Waals surface area contributed by atoms with Crippen LogP contribution in [0.3, 0.4) is 0 Å². The van der Waals surface area contributed by atoms with E-state index in [1.807, 2.05) is 6.92 Å². The van der Waals surface area contributed by atoms with Crippen LogP contribution in [0.25, 0.3) is 0 Å². The van der Waals surface area contributed by atoms with E-state index in [-0.39, 0.29) is 24.0 Å². The highest BCUT2D eigenvalue weighted by Crippen LogP contribution is 2.19. The first-order chi connectivity index (χ1) is 7.69. The van der Waals surface area contributed by atoms with E-state index >= 15 is 0 Å². The Labute approximate surface area is 97.6 Å². The smallest absolute Gasteiger partial charge is 0.224 e. The summed E-state index contributed by atoms with van der Waals surface area (Å²) in [5, 5.41) is 12.7. The van der Waals surface area contributed by atoms with Gasteiger partial charge in [-0.3, -0.25) is 4.79 Å². The largest absolute Gasteiger partial charge is 0.391 e. The Kier molecular flexibility index (Phi) is 5.77. The highest BCUT2D eigenvalue weighted by molar-refractivity contribution is 5.79. The lowest BCUT2D eigenvalue weighted by molar-refractivity contribution is -0.126. The number of carbonyl (C=O) groups is 1. The highest BCUT2D eigenvalue weighted by atomic mass is 16.3.